The largest absolute Gasteiger partial charge is 0.417 e. The lowest BCUT2D eigenvalue weighted by Gasteiger charge is -2.27. The molecule has 0 unspecified atom stereocenters. The molecule has 0 atom stereocenters. The van der Waals surface area contributed by atoms with Crippen molar-refractivity contribution in [2.75, 3.05) is 26.2 Å². The molecule has 0 aliphatic heterocycles. The van der Waals surface area contributed by atoms with E-state index >= 15 is 0 Å². The summed E-state index contributed by atoms with van der Waals surface area (Å²) in [5.41, 5.74) is 5.47. The molecule has 0 radical (unpaired) electrons. The molecule has 20 heavy (non-hydrogen) atoms. The van der Waals surface area contributed by atoms with Crippen molar-refractivity contribution in [2.45, 2.75) is 77.4 Å². The highest BCUT2D eigenvalue weighted by atomic mass is 28.4. The van der Waals surface area contributed by atoms with E-state index in [1.54, 1.807) is 0 Å². The zero-order chi connectivity index (χ0) is 15.1. The van der Waals surface area contributed by atoms with Gasteiger partial charge in [0.25, 0.3) is 0 Å². The highest BCUT2D eigenvalue weighted by Crippen LogP contribution is 2.21. The van der Waals surface area contributed by atoms with Gasteiger partial charge in [0.05, 0.1) is 0 Å². The van der Waals surface area contributed by atoms with Crippen LogP contribution in [0.3, 0.4) is 0 Å². The van der Waals surface area contributed by atoms with Gasteiger partial charge >= 0.3 is 0 Å². The van der Waals surface area contributed by atoms with Gasteiger partial charge in [0, 0.05) is 6.61 Å². The molecule has 4 heteroatoms. The minimum absolute atomic E-state index is 0.839. The van der Waals surface area contributed by atoms with Crippen LogP contribution in [0.5, 0.6) is 0 Å². The summed E-state index contributed by atoms with van der Waals surface area (Å²) < 4.78 is 6.25. The second kappa shape index (κ2) is 14.1. The highest BCUT2D eigenvalue weighted by Gasteiger charge is 2.27. The van der Waals surface area contributed by atoms with Crippen molar-refractivity contribution in [1.29, 1.82) is 0 Å². The third kappa shape index (κ3) is 9.92. The molecule has 0 aromatic carbocycles. The van der Waals surface area contributed by atoms with Gasteiger partial charge in [-0.1, -0.05) is 33.6 Å². The molecular weight excluding hydrogens is 264 g/mol. The van der Waals surface area contributed by atoms with Crippen LogP contribution in [0.25, 0.3) is 0 Å². The van der Waals surface area contributed by atoms with Crippen molar-refractivity contribution in [2.24, 2.45) is 5.73 Å². The van der Waals surface area contributed by atoms with E-state index in [1.165, 1.54) is 56.7 Å². The molecule has 0 heterocycles. The van der Waals surface area contributed by atoms with E-state index < -0.39 is 8.32 Å². The van der Waals surface area contributed by atoms with Crippen molar-refractivity contribution in [1.82, 2.24) is 5.32 Å². The van der Waals surface area contributed by atoms with Gasteiger partial charge in [-0.2, -0.15) is 0 Å². The minimum Gasteiger partial charge on any atom is -0.417 e. The van der Waals surface area contributed by atoms with Crippen LogP contribution < -0.4 is 11.1 Å². The second-order valence-electron chi connectivity index (χ2n) is 5.75. The Kier molecular flexibility index (Phi) is 14.1. The smallest absolute Gasteiger partial charge is 0.191 e. The molecule has 0 spiro atoms. The van der Waals surface area contributed by atoms with Gasteiger partial charge in [-0.15, -0.1) is 0 Å². The number of rotatable bonds is 15. The lowest BCUT2D eigenvalue weighted by molar-refractivity contribution is 0.288. The number of nitrogens with two attached hydrogens (primary N) is 1. The Morgan fingerprint density at radius 2 is 1.35 bits per heavy atom. The first kappa shape index (κ1) is 20.1. The van der Waals surface area contributed by atoms with E-state index in [0.717, 1.165) is 26.2 Å². The Balaban J connectivity index is 3.32. The second-order valence-corrected chi connectivity index (χ2v) is 10.5. The topological polar surface area (TPSA) is 47.3 Å². The summed E-state index contributed by atoms with van der Waals surface area (Å²) in [5, 5.41) is 3.53. The molecule has 0 aromatic rings. The van der Waals surface area contributed by atoms with Crippen molar-refractivity contribution < 1.29 is 4.43 Å². The lowest BCUT2D eigenvalue weighted by atomic mass is 10.2. The minimum atomic E-state index is -1.34. The Labute approximate surface area is 128 Å². The van der Waals surface area contributed by atoms with Crippen molar-refractivity contribution in [3.05, 3.63) is 0 Å². The Hall–Kier alpha value is 0.0969. The van der Waals surface area contributed by atoms with Crippen LogP contribution in [0.4, 0.5) is 0 Å². The maximum absolute atomic E-state index is 6.25. The molecule has 0 saturated heterocycles. The zero-order valence-electron chi connectivity index (χ0n) is 14.2. The molecule has 0 rings (SSSR count). The van der Waals surface area contributed by atoms with Crippen LogP contribution in [0, 0.1) is 0 Å². The predicted molar refractivity (Wildman–Crippen MR) is 92.8 cm³/mol. The normalized spacial score (nSPS) is 12.0. The highest BCUT2D eigenvalue weighted by molar-refractivity contribution is 6.73. The Morgan fingerprint density at radius 3 is 1.90 bits per heavy atom. The van der Waals surface area contributed by atoms with E-state index in [4.69, 9.17) is 10.2 Å². The quantitative estimate of drug-likeness (QED) is 0.356. The van der Waals surface area contributed by atoms with Gasteiger partial charge in [0.2, 0.25) is 0 Å². The summed E-state index contributed by atoms with van der Waals surface area (Å²) >= 11 is 0. The predicted octanol–water partition coefficient (Wildman–Crippen LogP) is 3.90. The molecule has 0 aromatic heterocycles. The first-order chi connectivity index (χ1) is 9.74. The van der Waals surface area contributed by atoms with Gasteiger partial charge in [0.15, 0.2) is 8.32 Å². The fraction of sp³-hybridized carbons (Fsp3) is 1.00. The summed E-state index contributed by atoms with van der Waals surface area (Å²) in [5.74, 6) is 0. The van der Waals surface area contributed by atoms with Crippen molar-refractivity contribution in [3.63, 3.8) is 0 Å². The van der Waals surface area contributed by atoms with E-state index in [1.807, 2.05) is 0 Å². The van der Waals surface area contributed by atoms with Gasteiger partial charge in [-0.05, 0) is 63.4 Å². The molecule has 122 valence electrons. The molecule has 3 nitrogen and oxygen atoms in total. The number of hydrogen-bond donors (Lipinski definition) is 2. The number of unbranched alkanes of at least 4 members (excludes halogenated alkanes) is 4. The molecule has 0 saturated carbocycles. The standard InChI is InChI=1S/C16H38N2OSi/c1-4-20(5-2,6-3)19-16-12-11-15-18-14-10-8-7-9-13-17/h18H,4-17H2,1-3H3. The Bertz CT molecular complexity index is 191. The van der Waals surface area contributed by atoms with Gasteiger partial charge in [-0.3, -0.25) is 0 Å². The first-order valence-electron chi connectivity index (χ1n) is 8.79. The van der Waals surface area contributed by atoms with E-state index in [0.29, 0.717) is 0 Å². The fourth-order valence-corrected chi connectivity index (χ4v) is 5.26. The van der Waals surface area contributed by atoms with Gasteiger partial charge in [-0.25, -0.2) is 0 Å². The van der Waals surface area contributed by atoms with Crippen molar-refractivity contribution >= 4 is 8.32 Å². The average Bonchev–Trinajstić information content (AvgIpc) is 2.49. The van der Waals surface area contributed by atoms with E-state index in [2.05, 4.69) is 26.1 Å². The molecule has 3 N–H and O–H groups in total. The molecule has 0 aliphatic carbocycles. The van der Waals surface area contributed by atoms with Crippen LogP contribution in [0.1, 0.15) is 59.3 Å². The third-order valence-corrected chi connectivity index (χ3v) is 9.08. The van der Waals surface area contributed by atoms with Crippen LogP contribution in [-0.4, -0.2) is 34.6 Å². The SMILES string of the molecule is CC[Si](CC)(CC)OCCCCNCCCCCCN. The van der Waals surface area contributed by atoms with Crippen molar-refractivity contribution in [3.8, 4) is 0 Å². The zero-order valence-corrected chi connectivity index (χ0v) is 15.2. The van der Waals surface area contributed by atoms with Gasteiger partial charge in [0.1, 0.15) is 0 Å². The van der Waals surface area contributed by atoms with Gasteiger partial charge < -0.3 is 15.5 Å². The summed E-state index contributed by atoms with van der Waals surface area (Å²) in [7, 11) is -1.34. The summed E-state index contributed by atoms with van der Waals surface area (Å²) in [4.78, 5) is 0. The third-order valence-electron chi connectivity index (χ3n) is 4.40. The Morgan fingerprint density at radius 1 is 0.800 bits per heavy atom. The fourth-order valence-electron chi connectivity index (χ4n) is 2.57. The van der Waals surface area contributed by atoms with Crippen LogP contribution in [0.2, 0.25) is 18.1 Å². The van der Waals surface area contributed by atoms with Crippen LogP contribution in [-0.2, 0) is 4.43 Å². The first-order valence-corrected chi connectivity index (χ1v) is 11.3. The molecular formula is C16H38N2OSi. The van der Waals surface area contributed by atoms with E-state index in [9.17, 15) is 0 Å². The summed E-state index contributed by atoms with van der Waals surface area (Å²) in [6.07, 6.45) is 7.50. The van der Waals surface area contributed by atoms with Crippen LogP contribution in [0.15, 0.2) is 0 Å². The lowest BCUT2D eigenvalue weighted by Crippen LogP contribution is -2.36. The summed E-state index contributed by atoms with van der Waals surface area (Å²) in [6.45, 7) is 11.0. The maximum Gasteiger partial charge on any atom is 0.191 e. The van der Waals surface area contributed by atoms with E-state index in [-0.39, 0.29) is 0 Å². The summed E-state index contributed by atoms with van der Waals surface area (Å²) in [6, 6.07) is 3.79. The molecule has 0 aliphatic rings. The maximum atomic E-state index is 6.25. The van der Waals surface area contributed by atoms with Crippen LogP contribution >= 0.6 is 0 Å². The molecule has 0 amide bonds. The monoisotopic (exact) mass is 302 g/mol. The number of hydrogen-bond acceptors (Lipinski definition) is 3. The number of nitrogens with one attached hydrogen (secondary N) is 1. The molecule has 0 bridgehead atoms. The average molecular weight is 303 g/mol. The molecule has 0 fully saturated rings.